The molecule has 10 heteroatoms. The minimum atomic E-state index is -0.635. The van der Waals surface area contributed by atoms with Crippen LogP contribution in [0.1, 0.15) is 23.6 Å². The van der Waals surface area contributed by atoms with E-state index in [4.69, 9.17) is 0 Å². The van der Waals surface area contributed by atoms with E-state index in [1.165, 1.54) is 26.2 Å². The molecule has 10 nitrogen and oxygen atoms in total. The van der Waals surface area contributed by atoms with Gasteiger partial charge < -0.3 is 10.5 Å². The van der Waals surface area contributed by atoms with E-state index in [0.29, 0.717) is 12.1 Å². The molecule has 0 amide bonds. The van der Waals surface area contributed by atoms with Crippen molar-refractivity contribution in [3.63, 3.8) is 0 Å². The lowest BCUT2D eigenvalue weighted by molar-refractivity contribution is -0.384. The predicted octanol–water partition coefficient (Wildman–Crippen LogP) is 0.136. The average Bonchev–Trinajstić information content (AvgIpc) is 3.08. The number of rotatable bonds is 3. The molecule has 0 unspecified atom stereocenters. The quantitative estimate of drug-likeness (QED) is 0.600. The molecule has 0 spiro atoms. The Morgan fingerprint density at radius 2 is 1.88 bits per heavy atom. The molecule has 0 saturated carbocycles. The number of hydrogen-bond acceptors (Lipinski definition) is 7. The summed E-state index contributed by atoms with van der Waals surface area (Å²) < 4.78 is 1.87. The molecule has 1 atom stereocenters. The highest BCUT2D eigenvalue weighted by molar-refractivity contribution is 6.03. The van der Waals surface area contributed by atoms with Crippen LogP contribution in [-0.2, 0) is 14.1 Å². The van der Waals surface area contributed by atoms with E-state index >= 15 is 0 Å². The van der Waals surface area contributed by atoms with Crippen molar-refractivity contribution in [2.75, 3.05) is 0 Å². The summed E-state index contributed by atoms with van der Waals surface area (Å²) in [6.45, 7) is 0. The molecule has 0 aliphatic carbocycles. The third kappa shape index (κ3) is 2.67. The number of benzene rings is 1. The summed E-state index contributed by atoms with van der Waals surface area (Å²) in [5, 5.41) is 25.0. The normalized spacial score (nSPS) is 16.4. The van der Waals surface area contributed by atoms with Crippen molar-refractivity contribution in [1.29, 1.82) is 0 Å². The van der Waals surface area contributed by atoms with Crippen LogP contribution in [0.25, 0.3) is 0 Å². The van der Waals surface area contributed by atoms with Gasteiger partial charge in [0.25, 0.3) is 11.2 Å². The molecule has 1 aliphatic heterocycles. The number of hydrazone groups is 1. The Bertz CT molecular complexity index is 1000. The first-order valence-electron chi connectivity index (χ1n) is 7.37. The average molecular weight is 345 g/mol. The summed E-state index contributed by atoms with van der Waals surface area (Å²) in [6.07, 6.45) is 0.290. The first-order valence-corrected chi connectivity index (χ1v) is 7.37. The highest BCUT2D eigenvalue weighted by atomic mass is 16.6. The van der Waals surface area contributed by atoms with Crippen LogP contribution in [0, 0.1) is 10.1 Å². The smallest absolute Gasteiger partial charge is 0.333 e. The Balaban J connectivity index is 1.92. The van der Waals surface area contributed by atoms with Crippen molar-refractivity contribution in [2.24, 2.45) is 19.2 Å². The van der Waals surface area contributed by atoms with Gasteiger partial charge in [-0.2, -0.15) is 5.10 Å². The first-order chi connectivity index (χ1) is 11.8. The fourth-order valence-corrected chi connectivity index (χ4v) is 2.71. The summed E-state index contributed by atoms with van der Waals surface area (Å²) in [4.78, 5) is 34.3. The molecule has 0 radical (unpaired) electrons. The molecular formula is C15H15N5O5. The Hall–Kier alpha value is -3.43. The molecule has 0 fully saturated rings. The first kappa shape index (κ1) is 16.4. The van der Waals surface area contributed by atoms with Crippen LogP contribution in [-0.4, -0.2) is 24.9 Å². The van der Waals surface area contributed by atoms with E-state index in [1.54, 1.807) is 12.1 Å². The SMILES string of the molecule is Cn1c(O)c(C2=NN[C@H](c3ccc([N+](=O)[O-])cc3)C2)c(=O)n(C)c1=O. The van der Waals surface area contributed by atoms with Gasteiger partial charge >= 0.3 is 5.69 Å². The van der Waals surface area contributed by atoms with E-state index < -0.39 is 22.1 Å². The van der Waals surface area contributed by atoms with Gasteiger partial charge in [-0.25, -0.2) is 4.79 Å². The van der Waals surface area contributed by atoms with Crippen LogP contribution >= 0.6 is 0 Å². The van der Waals surface area contributed by atoms with Crippen LogP contribution in [0.2, 0.25) is 0 Å². The van der Waals surface area contributed by atoms with Gasteiger partial charge in [0, 0.05) is 32.6 Å². The second-order valence-corrected chi connectivity index (χ2v) is 5.70. The number of nitro groups is 1. The minimum Gasteiger partial charge on any atom is -0.494 e. The van der Waals surface area contributed by atoms with Crippen molar-refractivity contribution in [1.82, 2.24) is 14.6 Å². The molecule has 0 saturated heterocycles. The molecule has 2 heterocycles. The van der Waals surface area contributed by atoms with E-state index in [0.717, 1.165) is 14.7 Å². The largest absolute Gasteiger partial charge is 0.494 e. The lowest BCUT2D eigenvalue weighted by Crippen LogP contribution is -2.39. The molecule has 1 aromatic heterocycles. The molecule has 25 heavy (non-hydrogen) atoms. The molecule has 1 aliphatic rings. The Morgan fingerprint density at radius 3 is 2.48 bits per heavy atom. The van der Waals surface area contributed by atoms with Crippen molar-refractivity contribution in [2.45, 2.75) is 12.5 Å². The monoisotopic (exact) mass is 345 g/mol. The lowest BCUT2D eigenvalue weighted by Gasteiger charge is -2.11. The van der Waals surface area contributed by atoms with E-state index in [-0.39, 0.29) is 17.3 Å². The maximum absolute atomic E-state index is 12.3. The van der Waals surface area contributed by atoms with Gasteiger partial charge in [0.1, 0.15) is 5.56 Å². The molecular weight excluding hydrogens is 330 g/mol. The number of nitrogens with zero attached hydrogens (tertiary/aromatic N) is 4. The fraction of sp³-hybridized carbons (Fsp3) is 0.267. The molecule has 3 rings (SSSR count). The second-order valence-electron chi connectivity index (χ2n) is 5.70. The molecule has 0 bridgehead atoms. The molecule has 130 valence electrons. The zero-order valence-corrected chi connectivity index (χ0v) is 13.5. The van der Waals surface area contributed by atoms with Gasteiger partial charge in [0.15, 0.2) is 0 Å². The van der Waals surface area contributed by atoms with Crippen LogP contribution in [0.4, 0.5) is 5.69 Å². The third-order valence-corrected chi connectivity index (χ3v) is 4.18. The Labute approximate surface area is 140 Å². The third-order valence-electron chi connectivity index (χ3n) is 4.18. The van der Waals surface area contributed by atoms with Crippen molar-refractivity contribution < 1.29 is 10.0 Å². The maximum atomic E-state index is 12.3. The van der Waals surface area contributed by atoms with E-state index in [2.05, 4.69) is 10.5 Å². The van der Waals surface area contributed by atoms with Crippen molar-refractivity contribution in [3.8, 4) is 5.88 Å². The van der Waals surface area contributed by atoms with Gasteiger partial charge in [-0.3, -0.25) is 24.0 Å². The summed E-state index contributed by atoms with van der Waals surface area (Å²) in [7, 11) is 2.68. The van der Waals surface area contributed by atoms with Gasteiger partial charge in [-0.15, -0.1) is 0 Å². The fourth-order valence-electron chi connectivity index (χ4n) is 2.71. The zero-order chi connectivity index (χ0) is 18.3. The highest BCUT2D eigenvalue weighted by Crippen LogP contribution is 2.27. The highest BCUT2D eigenvalue weighted by Gasteiger charge is 2.27. The number of nitro benzene ring substituents is 1. The molecule has 2 N–H and O–H groups in total. The topological polar surface area (TPSA) is 132 Å². The molecule has 2 aromatic rings. The zero-order valence-electron chi connectivity index (χ0n) is 13.5. The maximum Gasteiger partial charge on any atom is 0.333 e. The Kier molecular flexibility index (Phi) is 3.87. The summed E-state index contributed by atoms with van der Waals surface area (Å²) in [5.41, 5.74) is 2.59. The molecule has 1 aromatic carbocycles. The lowest BCUT2D eigenvalue weighted by atomic mass is 10.00. The predicted molar refractivity (Wildman–Crippen MR) is 88.7 cm³/mol. The van der Waals surface area contributed by atoms with Crippen molar-refractivity contribution >= 4 is 11.4 Å². The van der Waals surface area contributed by atoms with Crippen molar-refractivity contribution in [3.05, 3.63) is 66.3 Å². The van der Waals surface area contributed by atoms with Crippen LogP contribution in [0.5, 0.6) is 5.88 Å². The Morgan fingerprint density at radius 1 is 1.24 bits per heavy atom. The van der Waals surface area contributed by atoms with Gasteiger partial charge in [0.05, 0.1) is 16.7 Å². The number of non-ortho nitro benzene ring substituents is 1. The number of aromatic hydroxyl groups is 1. The van der Waals surface area contributed by atoms with Crippen LogP contribution < -0.4 is 16.7 Å². The van der Waals surface area contributed by atoms with Gasteiger partial charge in [-0.1, -0.05) is 12.1 Å². The second kappa shape index (κ2) is 5.89. The summed E-state index contributed by atoms with van der Waals surface area (Å²) in [6, 6.07) is 5.69. The number of nitrogens with one attached hydrogen (secondary N) is 1. The van der Waals surface area contributed by atoms with Crippen LogP contribution in [0.15, 0.2) is 39.0 Å². The van der Waals surface area contributed by atoms with Gasteiger partial charge in [0.2, 0.25) is 5.88 Å². The number of aromatic nitrogens is 2. The van der Waals surface area contributed by atoms with Crippen LogP contribution in [0.3, 0.4) is 0 Å². The summed E-state index contributed by atoms with van der Waals surface area (Å²) >= 11 is 0. The summed E-state index contributed by atoms with van der Waals surface area (Å²) in [5.74, 6) is -0.446. The standard InChI is InChI=1S/C15H15N5O5/c1-18-13(21)12(14(22)19(2)15(18)23)11-7-10(16-17-11)8-3-5-9(6-4-8)20(24)25/h3-6,10,16,21H,7H2,1-2H3/t10-/m0/s1. The van der Waals surface area contributed by atoms with E-state index in [1.807, 2.05) is 0 Å². The van der Waals surface area contributed by atoms with E-state index in [9.17, 15) is 24.8 Å². The minimum absolute atomic E-state index is 0.0209. The van der Waals surface area contributed by atoms with Gasteiger partial charge in [-0.05, 0) is 5.56 Å². The number of hydrogen-bond donors (Lipinski definition) is 2.